The first kappa shape index (κ1) is 27.6. The highest BCUT2D eigenvalue weighted by Crippen LogP contribution is 2.37. The van der Waals surface area contributed by atoms with Gasteiger partial charge in [0, 0.05) is 24.1 Å². The Bertz CT molecular complexity index is 1040. The standard InChI is InChI=1S/C25H21Cl4NO4/c1-3-11-30(12-4-2)25(31)18-6-8-19(9-7-18)32-13-5-14-34-24-21(26)16-20(17-22(24)27)33-15-10-23(28)29/h1-2,6-10,16-17H,5,11-15H2. The van der Waals surface area contributed by atoms with Crippen molar-refractivity contribution in [3.63, 3.8) is 0 Å². The van der Waals surface area contributed by atoms with Crippen LogP contribution in [0.25, 0.3) is 0 Å². The van der Waals surface area contributed by atoms with Crippen molar-refractivity contribution in [2.75, 3.05) is 32.9 Å². The smallest absolute Gasteiger partial charge is 0.255 e. The number of terminal acetylenes is 2. The van der Waals surface area contributed by atoms with Gasteiger partial charge in [0.1, 0.15) is 22.6 Å². The lowest BCUT2D eigenvalue weighted by Crippen LogP contribution is -2.31. The van der Waals surface area contributed by atoms with Crippen LogP contribution < -0.4 is 14.2 Å². The fourth-order valence-corrected chi connectivity index (χ4v) is 3.38. The highest BCUT2D eigenvalue weighted by atomic mass is 35.5. The second kappa shape index (κ2) is 14.6. The van der Waals surface area contributed by atoms with E-state index in [9.17, 15) is 4.79 Å². The largest absolute Gasteiger partial charge is 0.493 e. The van der Waals surface area contributed by atoms with Crippen molar-refractivity contribution in [2.24, 2.45) is 0 Å². The fraction of sp³-hybridized carbons (Fsp3) is 0.240. The molecule has 0 saturated carbocycles. The van der Waals surface area contributed by atoms with E-state index in [1.807, 2.05) is 0 Å². The summed E-state index contributed by atoms with van der Waals surface area (Å²) in [7, 11) is 0. The summed E-state index contributed by atoms with van der Waals surface area (Å²) >= 11 is 23.6. The van der Waals surface area contributed by atoms with Crippen molar-refractivity contribution >= 4 is 52.3 Å². The zero-order valence-corrected chi connectivity index (χ0v) is 21.1. The van der Waals surface area contributed by atoms with Gasteiger partial charge in [0.2, 0.25) is 0 Å². The van der Waals surface area contributed by atoms with E-state index in [0.29, 0.717) is 52.5 Å². The lowest BCUT2D eigenvalue weighted by Gasteiger charge is -2.17. The van der Waals surface area contributed by atoms with Crippen LogP contribution in [0.15, 0.2) is 47.0 Å². The van der Waals surface area contributed by atoms with E-state index in [2.05, 4.69) is 11.8 Å². The zero-order chi connectivity index (χ0) is 24.9. The van der Waals surface area contributed by atoms with Gasteiger partial charge >= 0.3 is 0 Å². The maximum absolute atomic E-state index is 12.5. The zero-order valence-electron chi connectivity index (χ0n) is 18.0. The summed E-state index contributed by atoms with van der Waals surface area (Å²) in [6.45, 7) is 1.18. The van der Waals surface area contributed by atoms with E-state index in [-0.39, 0.29) is 30.1 Å². The molecule has 0 radical (unpaired) electrons. The summed E-state index contributed by atoms with van der Waals surface area (Å²) in [4.78, 5) is 13.9. The van der Waals surface area contributed by atoms with Crippen LogP contribution in [0.3, 0.4) is 0 Å². The van der Waals surface area contributed by atoms with Gasteiger partial charge in [-0.3, -0.25) is 4.79 Å². The van der Waals surface area contributed by atoms with E-state index in [0.717, 1.165) is 0 Å². The van der Waals surface area contributed by atoms with Crippen LogP contribution in [0.5, 0.6) is 17.2 Å². The number of rotatable bonds is 12. The molecule has 2 aromatic rings. The molecular formula is C25H21Cl4NO4. The molecule has 0 saturated heterocycles. The Labute approximate surface area is 219 Å². The van der Waals surface area contributed by atoms with Gasteiger partial charge in [0.25, 0.3) is 5.91 Å². The molecule has 0 aliphatic rings. The van der Waals surface area contributed by atoms with Crippen LogP contribution >= 0.6 is 46.4 Å². The molecular weight excluding hydrogens is 520 g/mol. The number of amides is 1. The SMILES string of the molecule is C#CCN(CC#C)C(=O)c1ccc(OCCCOc2c(Cl)cc(OCC=C(Cl)Cl)cc2Cl)cc1. The Kier molecular flexibility index (Phi) is 11.8. The monoisotopic (exact) mass is 539 g/mol. The number of halogens is 4. The van der Waals surface area contributed by atoms with Crippen molar-refractivity contribution < 1.29 is 19.0 Å². The molecule has 0 bridgehead atoms. The molecule has 2 rings (SSSR count). The Hall–Kier alpha value is -2.67. The van der Waals surface area contributed by atoms with E-state index in [1.165, 1.54) is 11.0 Å². The summed E-state index contributed by atoms with van der Waals surface area (Å²) in [5, 5.41) is 0.627. The van der Waals surface area contributed by atoms with Crippen molar-refractivity contribution in [3.05, 3.63) is 62.6 Å². The van der Waals surface area contributed by atoms with Gasteiger partial charge in [-0.25, -0.2) is 0 Å². The van der Waals surface area contributed by atoms with Crippen LogP contribution in [0, 0.1) is 24.7 Å². The van der Waals surface area contributed by atoms with Crippen molar-refractivity contribution in [1.29, 1.82) is 0 Å². The highest BCUT2D eigenvalue weighted by molar-refractivity contribution is 6.55. The summed E-state index contributed by atoms with van der Waals surface area (Å²) in [5.74, 6) is 6.04. The molecule has 0 N–H and O–H groups in total. The van der Waals surface area contributed by atoms with Crippen LogP contribution in [0.4, 0.5) is 0 Å². The fourth-order valence-electron chi connectivity index (χ4n) is 2.68. The minimum absolute atomic E-state index is 0.107. The highest BCUT2D eigenvalue weighted by Gasteiger charge is 2.14. The Morgan fingerprint density at radius 2 is 1.50 bits per heavy atom. The maximum Gasteiger partial charge on any atom is 0.255 e. The molecule has 0 unspecified atom stereocenters. The Morgan fingerprint density at radius 3 is 2.06 bits per heavy atom. The third-order valence-corrected chi connectivity index (χ3v) is 5.09. The molecule has 0 aromatic heterocycles. The lowest BCUT2D eigenvalue weighted by atomic mass is 10.2. The van der Waals surface area contributed by atoms with Gasteiger partial charge in [-0.05, 0) is 30.3 Å². The maximum atomic E-state index is 12.5. The first-order valence-corrected chi connectivity index (χ1v) is 11.5. The van der Waals surface area contributed by atoms with Gasteiger partial charge in [-0.2, -0.15) is 0 Å². The molecule has 0 spiro atoms. The molecule has 0 fully saturated rings. The third-order valence-electron chi connectivity index (χ3n) is 4.22. The Morgan fingerprint density at radius 1 is 0.912 bits per heavy atom. The predicted molar refractivity (Wildman–Crippen MR) is 137 cm³/mol. The van der Waals surface area contributed by atoms with Crippen molar-refractivity contribution in [1.82, 2.24) is 4.90 Å². The third kappa shape index (κ3) is 8.93. The number of nitrogens with zero attached hydrogens (tertiary/aromatic N) is 1. The van der Waals surface area contributed by atoms with Crippen LogP contribution in [0.1, 0.15) is 16.8 Å². The molecule has 9 heteroatoms. The van der Waals surface area contributed by atoms with Crippen LogP contribution in [-0.4, -0.2) is 43.7 Å². The number of benzene rings is 2. The first-order chi connectivity index (χ1) is 16.3. The van der Waals surface area contributed by atoms with Gasteiger partial charge in [0.05, 0.1) is 36.3 Å². The van der Waals surface area contributed by atoms with E-state index in [1.54, 1.807) is 36.4 Å². The minimum Gasteiger partial charge on any atom is -0.493 e. The van der Waals surface area contributed by atoms with Gasteiger partial charge in [-0.1, -0.05) is 58.2 Å². The number of carbonyl (C=O) groups is 1. The second-order valence-corrected chi connectivity index (χ2v) is 8.49. The summed E-state index contributed by atoms with van der Waals surface area (Å²) < 4.78 is 16.9. The first-order valence-electron chi connectivity index (χ1n) is 10.0. The number of hydrogen-bond donors (Lipinski definition) is 0. The van der Waals surface area contributed by atoms with E-state index >= 15 is 0 Å². The molecule has 2 aromatic carbocycles. The summed E-state index contributed by atoms with van der Waals surface area (Å²) in [5.41, 5.74) is 0.472. The summed E-state index contributed by atoms with van der Waals surface area (Å²) in [6.07, 6.45) is 12.7. The van der Waals surface area contributed by atoms with Crippen molar-refractivity contribution in [2.45, 2.75) is 6.42 Å². The molecule has 1 amide bonds. The van der Waals surface area contributed by atoms with Crippen LogP contribution in [0.2, 0.25) is 10.0 Å². The normalized spacial score (nSPS) is 9.94. The molecule has 34 heavy (non-hydrogen) atoms. The quantitative estimate of drug-likeness (QED) is 0.236. The number of hydrogen-bond acceptors (Lipinski definition) is 4. The predicted octanol–water partition coefficient (Wildman–Crippen LogP) is 6.25. The number of carbonyl (C=O) groups excluding carboxylic acids is 1. The average Bonchev–Trinajstić information content (AvgIpc) is 2.80. The second-order valence-electron chi connectivity index (χ2n) is 6.67. The number of ether oxygens (including phenoxy) is 3. The van der Waals surface area contributed by atoms with Gasteiger partial charge in [-0.15, -0.1) is 12.8 Å². The molecule has 0 aliphatic carbocycles. The molecule has 178 valence electrons. The van der Waals surface area contributed by atoms with Crippen molar-refractivity contribution in [3.8, 4) is 41.9 Å². The molecule has 0 atom stereocenters. The van der Waals surface area contributed by atoms with Gasteiger partial charge in [0.15, 0.2) is 5.75 Å². The van der Waals surface area contributed by atoms with E-state index < -0.39 is 0 Å². The minimum atomic E-state index is -0.236. The van der Waals surface area contributed by atoms with E-state index in [4.69, 9.17) is 73.5 Å². The van der Waals surface area contributed by atoms with Crippen LogP contribution in [-0.2, 0) is 0 Å². The van der Waals surface area contributed by atoms with Gasteiger partial charge < -0.3 is 19.1 Å². The topological polar surface area (TPSA) is 48.0 Å². The molecule has 0 heterocycles. The average molecular weight is 541 g/mol. The Balaban J connectivity index is 1.81. The lowest BCUT2D eigenvalue weighted by molar-refractivity contribution is 0.0796. The molecule has 0 aliphatic heterocycles. The molecule has 5 nitrogen and oxygen atoms in total. The summed E-state index contributed by atoms with van der Waals surface area (Å²) in [6, 6.07) is 9.91.